The number of nitrogens with zero attached hydrogens (tertiary/aromatic N) is 4. The average Bonchev–Trinajstić information content (AvgIpc) is 3.20. The molecule has 0 bridgehead atoms. The zero-order chi connectivity index (χ0) is 17.6. The molecule has 0 N–H and O–H groups in total. The minimum absolute atomic E-state index is 0.517. The Kier molecular flexibility index (Phi) is 6.23. The highest BCUT2D eigenvalue weighted by molar-refractivity contribution is 9.10. The molecule has 3 aromatic rings. The number of benzene rings is 1. The molecule has 0 amide bonds. The summed E-state index contributed by atoms with van der Waals surface area (Å²) in [6.07, 6.45) is 3.80. The molecule has 5 nitrogen and oxygen atoms in total. The minimum Gasteiger partial charge on any atom is -0.487 e. The summed E-state index contributed by atoms with van der Waals surface area (Å²) < 4.78 is 8.74. The maximum atomic E-state index is 5.79. The standard InChI is InChI=1S/C18H21BrN4OS/c1-14-21-17(13-25-14)12-24-18-5-3-15(4-6-18)10-22(2)7-8-23-11-16(19)9-20-23/h3-6,9,11,13H,7-8,10,12H2,1-2H3. The summed E-state index contributed by atoms with van der Waals surface area (Å²) >= 11 is 5.06. The summed E-state index contributed by atoms with van der Waals surface area (Å²) in [7, 11) is 2.12. The lowest BCUT2D eigenvalue weighted by atomic mass is 10.2. The molecule has 0 radical (unpaired) electrons. The fourth-order valence-electron chi connectivity index (χ4n) is 2.45. The topological polar surface area (TPSA) is 43.2 Å². The monoisotopic (exact) mass is 420 g/mol. The van der Waals surface area contributed by atoms with E-state index in [1.807, 2.05) is 41.5 Å². The van der Waals surface area contributed by atoms with E-state index in [0.29, 0.717) is 6.61 Å². The van der Waals surface area contributed by atoms with Gasteiger partial charge in [-0.25, -0.2) is 4.98 Å². The summed E-state index contributed by atoms with van der Waals surface area (Å²) in [6.45, 7) is 5.23. The molecule has 7 heteroatoms. The number of hydrogen-bond acceptors (Lipinski definition) is 5. The second-order valence-electron chi connectivity index (χ2n) is 5.95. The van der Waals surface area contributed by atoms with Crippen molar-refractivity contribution in [2.45, 2.75) is 26.6 Å². The Morgan fingerprint density at radius 3 is 2.72 bits per heavy atom. The van der Waals surface area contributed by atoms with Crippen molar-refractivity contribution in [1.29, 1.82) is 0 Å². The van der Waals surface area contributed by atoms with Gasteiger partial charge in [0.05, 0.1) is 27.9 Å². The SMILES string of the molecule is Cc1nc(COc2ccc(CN(C)CCn3cc(Br)cn3)cc2)cs1. The normalized spacial score (nSPS) is 11.2. The van der Waals surface area contributed by atoms with Gasteiger partial charge >= 0.3 is 0 Å². The van der Waals surface area contributed by atoms with Crippen molar-refractivity contribution >= 4 is 27.3 Å². The number of halogens is 1. The van der Waals surface area contributed by atoms with Crippen molar-refractivity contribution < 1.29 is 4.74 Å². The predicted octanol–water partition coefficient (Wildman–Crippen LogP) is 4.12. The van der Waals surface area contributed by atoms with Gasteiger partial charge < -0.3 is 9.64 Å². The lowest BCUT2D eigenvalue weighted by Gasteiger charge is -2.17. The quantitative estimate of drug-likeness (QED) is 0.549. The van der Waals surface area contributed by atoms with Crippen LogP contribution in [0, 0.1) is 6.92 Å². The number of thiazole rings is 1. The first-order chi connectivity index (χ1) is 12.1. The van der Waals surface area contributed by atoms with E-state index in [0.717, 1.165) is 40.6 Å². The van der Waals surface area contributed by atoms with E-state index in [2.05, 4.69) is 50.1 Å². The van der Waals surface area contributed by atoms with Gasteiger partial charge in [0.15, 0.2) is 0 Å². The molecule has 132 valence electrons. The molecule has 0 atom stereocenters. The first-order valence-corrected chi connectivity index (χ1v) is 9.75. The molecule has 0 aliphatic rings. The van der Waals surface area contributed by atoms with Crippen LogP contribution in [0.5, 0.6) is 5.75 Å². The van der Waals surface area contributed by atoms with Crippen LogP contribution in [0.15, 0.2) is 46.5 Å². The number of aromatic nitrogens is 3. The maximum Gasteiger partial charge on any atom is 0.131 e. The number of aryl methyl sites for hydroxylation is 1. The number of ether oxygens (including phenoxy) is 1. The Hall–Kier alpha value is -1.70. The van der Waals surface area contributed by atoms with Crippen LogP contribution in [-0.2, 0) is 19.7 Å². The minimum atomic E-state index is 0.517. The first kappa shape index (κ1) is 18.1. The van der Waals surface area contributed by atoms with E-state index in [1.165, 1.54) is 5.56 Å². The largest absolute Gasteiger partial charge is 0.487 e. The molecule has 0 saturated heterocycles. The molecule has 2 aromatic heterocycles. The molecular weight excluding hydrogens is 400 g/mol. The number of likely N-dealkylation sites (N-methyl/N-ethyl adjacent to an activating group) is 1. The zero-order valence-electron chi connectivity index (χ0n) is 14.4. The third kappa shape index (κ3) is 5.66. The van der Waals surface area contributed by atoms with Gasteiger partial charge in [0.2, 0.25) is 0 Å². The Morgan fingerprint density at radius 1 is 1.28 bits per heavy atom. The molecule has 1 aromatic carbocycles. The molecule has 0 aliphatic carbocycles. The van der Waals surface area contributed by atoms with Crippen LogP contribution >= 0.6 is 27.3 Å². The summed E-state index contributed by atoms with van der Waals surface area (Å²) in [4.78, 5) is 6.69. The van der Waals surface area contributed by atoms with E-state index in [-0.39, 0.29) is 0 Å². The van der Waals surface area contributed by atoms with E-state index >= 15 is 0 Å². The van der Waals surface area contributed by atoms with Crippen LogP contribution in [-0.4, -0.2) is 33.3 Å². The highest BCUT2D eigenvalue weighted by Crippen LogP contribution is 2.16. The van der Waals surface area contributed by atoms with Gasteiger partial charge in [0.25, 0.3) is 0 Å². The second kappa shape index (κ2) is 8.60. The Morgan fingerprint density at radius 2 is 2.08 bits per heavy atom. The smallest absolute Gasteiger partial charge is 0.131 e. The third-order valence-corrected chi connectivity index (χ3v) is 4.97. The van der Waals surface area contributed by atoms with Gasteiger partial charge in [0, 0.05) is 24.7 Å². The van der Waals surface area contributed by atoms with Gasteiger partial charge in [-0.2, -0.15) is 5.10 Å². The van der Waals surface area contributed by atoms with Gasteiger partial charge in [-0.1, -0.05) is 12.1 Å². The van der Waals surface area contributed by atoms with Crippen molar-refractivity contribution in [1.82, 2.24) is 19.7 Å². The van der Waals surface area contributed by atoms with Crippen molar-refractivity contribution in [2.75, 3.05) is 13.6 Å². The van der Waals surface area contributed by atoms with Gasteiger partial charge in [-0.15, -0.1) is 11.3 Å². The summed E-state index contributed by atoms with van der Waals surface area (Å²) in [5, 5.41) is 7.38. The number of hydrogen-bond donors (Lipinski definition) is 0. The Bertz CT molecular complexity index is 800. The summed E-state index contributed by atoms with van der Waals surface area (Å²) in [5.74, 6) is 0.874. The average molecular weight is 421 g/mol. The van der Waals surface area contributed by atoms with Crippen LogP contribution in [0.2, 0.25) is 0 Å². The fourth-order valence-corrected chi connectivity index (χ4v) is 3.37. The Labute approximate surface area is 160 Å². The molecule has 0 fully saturated rings. The molecule has 25 heavy (non-hydrogen) atoms. The van der Waals surface area contributed by atoms with Crippen LogP contribution in [0.4, 0.5) is 0 Å². The molecule has 2 heterocycles. The lowest BCUT2D eigenvalue weighted by molar-refractivity contribution is 0.298. The maximum absolute atomic E-state index is 5.79. The van der Waals surface area contributed by atoms with Gasteiger partial charge in [-0.05, 0) is 47.6 Å². The predicted molar refractivity (Wildman–Crippen MR) is 104 cm³/mol. The van der Waals surface area contributed by atoms with Crippen LogP contribution in [0.25, 0.3) is 0 Å². The fraction of sp³-hybridized carbons (Fsp3) is 0.333. The molecule has 0 spiro atoms. The van der Waals surface area contributed by atoms with Crippen LogP contribution in [0.1, 0.15) is 16.3 Å². The molecule has 3 rings (SSSR count). The second-order valence-corrected chi connectivity index (χ2v) is 7.93. The highest BCUT2D eigenvalue weighted by Gasteiger charge is 2.04. The van der Waals surface area contributed by atoms with E-state index in [4.69, 9.17) is 4.74 Å². The van der Waals surface area contributed by atoms with Crippen LogP contribution in [0.3, 0.4) is 0 Å². The zero-order valence-corrected chi connectivity index (χ0v) is 16.8. The molecule has 0 aliphatic heterocycles. The number of rotatable bonds is 8. The molecular formula is C18H21BrN4OS. The highest BCUT2D eigenvalue weighted by atomic mass is 79.9. The molecule has 0 saturated carbocycles. The van der Waals surface area contributed by atoms with Gasteiger partial charge in [-0.3, -0.25) is 4.68 Å². The summed E-state index contributed by atoms with van der Waals surface area (Å²) in [6, 6.07) is 8.27. The Balaban J connectivity index is 1.44. The van der Waals surface area contributed by atoms with Crippen molar-refractivity contribution in [3.63, 3.8) is 0 Å². The van der Waals surface area contributed by atoms with Gasteiger partial charge in [0.1, 0.15) is 12.4 Å². The first-order valence-electron chi connectivity index (χ1n) is 8.08. The third-order valence-electron chi connectivity index (χ3n) is 3.74. The van der Waals surface area contributed by atoms with E-state index in [1.54, 1.807) is 11.3 Å². The van der Waals surface area contributed by atoms with E-state index < -0.39 is 0 Å². The van der Waals surface area contributed by atoms with E-state index in [9.17, 15) is 0 Å². The lowest BCUT2D eigenvalue weighted by Crippen LogP contribution is -2.23. The van der Waals surface area contributed by atoms with Crippen molar-refractivity contribution in [3.05, 3.63) is 62.8 Å². The van der Waals surface area contributed by atoms with Crippen molar-refractivity contribution in [3.8, 4) is 5.75 Å². The summed E-state index contributed by atoms with van der Waals surface area (Å²) in [5.41, 5.74) is 2.25. The van der Waals surface area contributed by atoms with Crippen molar-refractivity contribution in [2.24, 2.45) is 0 Å². The van der Waals surface area contributed by atoms with Crippen LogP contribution < -0.4 is 4.74 Å². The molecule has 0 unspecified atom stereocenters.